The van der Waals surface area contributed by atoms with Crippen LogP contribution in [0.15, 0.2) is 36.4 Å². The molecule has 0 radical (unpaired) electrons. The number of hydrogen-bond acceptors (Lipinski definition) is 1. The van der Waals surface area contributed by atoms with Crippen molar-refractivity contribution in [2.24, 2.45) is 11.8 Å². The largest absolute Gasteiger partial charge is 0.386 e. The molecule has 0 heterocycles. The molecule has 2 aliphatic carbocycles. The Bertz CT molecular complexity index is 1000. The molecular weight excluding hydrogens is 488 g/mol. The Morgan fingerprint density at radius 3 is 1.82 bits per heavy atom. The van der Waals surface area contributed by atoms with Crippen molar-refractivity contribution in [2.45, 2.75) is 115 Å². The predicted molar refractivity (Wildman–Crippen MR) is 146 cm³/mol. The molecule has 0 saturated heterocycles. The molecule has 0 bridgehead atoms. The van der Waals surface area contributed by atoms with E-state index in [9.17, 15) is 17.6 Å². The Kier molecular flexibility index (Phi) is 10.3. The summed E-state index contributed by atoms with van der Waals surface area (Å²) in [6.07, 6.45) is 9.69. The van der Waals surface area contributed by atoms with Gasteiger partial charge in [-0.15, -0.1) is 0 Å². The monoisotopic (exact) mass is 532 g/mol. The fourth-order valence-electron chi connectivity index (χ4n) is 6.80. The van der Waals surface area contributed by atoms with Gasteiger partial charge >= 0.3 is 6.11 Å². The molecule has 0 unspecified atom stereocenters. The molecule has 0 amide bonds. The lowest BCUT2D eigenvalue weighted by Crippen LogP contribution is -2.23. The molecule has 1 nitrogen and oxygen atoms in total. The number of halogens is 4. The summed E-state index contributed by atoms with van der Waals surface area (Å²) in [5.41, 5.74) is 1.40. The van der Waals surface area contributed by atoms with Crippen LogP contribution in [0, 0.1) is 23.5 Å². The van der Waals surface area contributed by atoms with E-state index in [1.54, 1.807) is 0 Å². The summed E-state index contributed by atoms with van der Waals surface area (Å²) in [5, 5.41) is 0. The molecule has 0 spiro atoms. The number of hydrogen-bond donors (Lipinski definition) is 0. The van der Waals surface area contributed by atoms with Gasteiger partial charge in [-0.3, -0.25) is 0 Å². The van der Waals surface area contributed by atoms with Gasteiger partial charge in [-0.25, -0.2) is 8.78 Å². The average Bonchev–Trinajstić information content (AvgIpc) is 2.92. The van der Waals surface area contributed by atoms with E-state index >= 15 is 0 Å². The van der Waals surface area contributed by atoms with Crippen LogP contribution in [-0.2, 0) is 17.3 Å². The molecule has 0 N–H and O–H groups in total. The number of rotatable bonds is 11. The minimum Gasteiger partial charge on any atom is -0.316 e. The Morgan fingerprint density at radius 2 is 1.26 bits per heavy atom. The van der Waals surface area contributed by atoms with E-state index in [1.807, 2.05) is 12.1 Å². The zero-order valence-electron chi connectivity index (χ0n) is 23.1. The van der Waals surface area contributed by atoms with E-state index in [4.69, 9.17) is 4.74 Å². The number of benzene rings is 2. The Labute approximate surface area is 226 Å². The van der Waals surface area contributed by atoms with Crippen molar-refractivity contribution in [3.8, 4) is 0 Å². The molecule has 5 heteroatoms. The summed E-state index contributed by atoms with van der Waals surface area (Å²) < 4.78 is 64.1. The molecule has 4 rings (SSSR count). The summed E-state index contributed by atoms with van der Waals surface area (Å²) in [4.78, 5) is 0. The maximum absolute atomic E-state index is 14.9. The fourth-order valence-corrected chi connectivity index (χ4v) is 6.80. The molecule has 0 atom stereocenters. The van der Waals surface area contributed by atoms with Crippen molar-refractivity contribution in [2.75, 3.05) is 6.61 Å². The Morgan fingerprint density at radius 1 is 0.711 bits per heavy atom. The van der Waals surface area contributed by atoms with Crippen LogP contribution >= 0.6 is 0 Å². The van der Waals surface area contributed by atoms with Crippen LogP contribution in [0.3, 0.4) is 0 Å². The van der Waals surface area contributed by atoms with Crippen LogP contribution in [0.4, 0.5) is 17.6 Å². The second kappa shape index (κ2) is 13.5. The highest BCUT2D eigenvalue weighted by molar-refractivity contribution is 5.31. The van der Waals surface area contributed by atoms with Crippen molar-refractivity contribution >= 4 is 0 Å². The normalized spacial score (nSPS) is 24.5. The van der Waals surface area contributed by atoms with Crippen LogP contribution in [0.2, 0.25) is 0 Å². The molecule has 2 fully saturated rings. The van der Waals surface area contributed by atoms with E-state index in [1.165, 1.54) is 50.2 Å². The van der Waals surface area contributed by atoms with Gasteiger partial charge in [0.15, 0.2) is 11.6 Å². The van der Waals surface area contributed by atoms with Crippen LogP contribution in [0.25, 0.3) is 0 Å². The molecule has 2 aromatic rings. The average molecular weight is 533 g/mol. The standard InChI is InChI=1S/C33H44F4O/c1-3-5-23-7-13-26(14-8-23)27-15-9-25(10-16-27)21-22-38-33(36,37)30-20-19-29(31(34)32(30)35)28-17-11-24(6-4-2)12-18-28/h9-10,15-16,19-20,23-24,26,28H,3-8,11-14,17-18,21-22H2,1-2H3. The first-order chi connectivity index (χ1) is 18.3. The minimum atomic E-state index is -3.89. The van der Waals surface area contributed by atoms with Crippen molar-refractivity contribution in [1.82, 2.24) is 0 Å². The number of alkyl halides is 2. The third-order valence-corrected chi connectivity index (χ3v) is 9.08. The molecule has 0 aromatic heterocycles. The molecule has 210 valence electrons. The smallest absolute Gasteiger partial charge is 0.316 e. The van der Waals surface area contributed by atoms with E-state index in [-0.39, 0.29) is 24.5 Å². The van der Waals surface area contributed by atoms with Gasteiger partial charge in [0, 0.05) is 0 Å². The van der Waals surface area contributed by atoms with Gasteiger partial charge in [0.2, 0.25) is 0 Å². The van der Waals surface area contributed by atoms with Crippen LogP contribution in [0.1, 0.15) is 125 Å². The summed E-state index contributed by atoms with van der Waals surface area (Å²) in [7, 11) is 0. The highest BCUT2D eigenvalue weighted by Gasteiger charge is 2.38. The molecule has 2 aromatic carbocycles. The molecule has 2 saturated carbocycles. The first kappa shape index (κ1) is 29.1. The second-order valence-corrected chi connectivity index (χ2v) is 11.7. The van der Waals surface area contributed by atoms with Crippen LogP contribution in [-0.4, -0.2) is 6.61 Å². The third kappa shape index (κ3) is 7.20. The SMILES string of the molecule is CCCC1CCC(c2ccc(CCOC(F)(F)c3ccc(C4CCC(CCC)CC4)c(F)c3F)cc2)CC1. The van der Waals surface area contributed by atoms with Crippen molar-refractivity contribution in [3.05, 3.63) is 70.3 Å². The van der Waals surface area contributed by atoms with Gasteiger partial charge in [0.25, 0.3) is 0 Å². The highest BCUT2D eigenvalue weighted by Crippen LogP contribution is 2.41. The van der Waals surface area contributed by atoms with E-state index in [0.29, 0.717) is 11.8 Å². The van der Waals surface area contributed by atoms with Gasteiger partial charge in [-0.2, -0.15) is 8.78 Å². The maximum atomic E-state index is 14.9. The topological polar surface area (TPSA) is 9.23 Å². The first-order valence-electron chi connectivity index (χ1n) is 14.9. The van der Waals surface area contributed by atoms with Crippen LogP contribution in [0.5, 0.6) is 0 Å². The first-order valence-corrected chi connectivity index (χ1v) is 14.9. The van der Waals surface area contributed by atoms with Gasteiger partial charge < -0.3 is 4.74 Å². The van der Waals surface area contributed by atoms with Gasteiger partial charge in [0.1, 0.15) is 0 Å². The lowest BCUT2D eigenvalue weighted by molar-refractivity contribution is -0.249. The van der Waals surface area contributed by atoms with Gasteiger partial charge in [-0.05, 0) is 104 Å². The summed E-state index contributed by atoms with van der Waals surface area (Å²) in [6, 6.07) is 10.5. The van der Waals surface area contributed by atoms with E-state index in [2.05, 4.69) is 26.0 Å². The Hall–Kier alpha value is -1.88. The summed E-state index contributed by atoms with van der Waals surface area (Å²) in [5.74, 6) is -0.692. The summed E-state index contributed by atoms with van der Waals surface area (Å²) in [6.45, 7) is 4.12. The lowest BCUT2D eigenvalue weighted by Gasteiger charge is -2.29. The predicted octanol–water partition coefficient (Wildman–Crippen LogP) is 10.4. The fraction of sp³-hybridized carbons (Fsp3) is 0.636. The minimum absolute atomic E-state index is 0.115. The van der Waals surface area contributed by atoms with Crippen LogP contribution < -0.4 is 0 Å². The van der Waals surface area contributed by atoms with E-state index < -0.39 is 23.3 Å². The zero-order chi connectivity index (χ0) is 27.1. The number of ether oxygens (including phenoxy) is 1. The second-order valence-electron chi connectivity index (χ2n) is 11.7. The van der Waals surface area contributed by atoms with Gasteiger partial charge in [-0.1, -0.05) is 69.9 Å². The van der Waals surface area contributed by atoms with Crippen molar-refractivity contribution < 1.29 is 22.3 Å². The van der Waals surface area contributed by atoms with Gasteiger partial charge in [0.05, 0.1) is 12.2 Å². The zero-order valence-corrected chi connectivity index (χ0v) is 23.1. The molecule has 38 heavy (non-hydrogen) atoms. The highest BCUT2D eigenvalue weighted by atomic mass is 19.3. The quantitative estimate of drug-likeness (QED) is 0.262. The van der Waals surface area contributed by atoms with Crippen molar-refractivity contribution in [3.63, 3.8) is 0 Å². The molecule has 2 aliphatic rings. The third-order valence-electron chi connectivity index (χ3n) is 9.08. The van der Waals surface area contributed by atoms with Crippen molar-refractivity contribution in [1.29, 1.82) is 0 Å². The lowest BCUT2D eigenvalue weighted by atomic mass is 9.77. The summed E-state index contributed by atoms with van der Waals surface area (Å²) >= 11 is 0. The maximum Gasteiger partial charge on any atom is 0.386 e. The Balaban J connectivity index is 1.30. The molecule has 0 aliphatic heterocycles. The molecular formula is C33H44F4O. The van der Waals surface area contributed by atoms with E-state index in [0.717, 1.165) is 56.1 Å².